The molecule has 142 valence electrons. The van der Waals surface area contributed by atoms with Crippen molar-refractivity contribution in [3.05, 3.63) is 69.9 Å². The van der Waals surface area contributed by atoms with Crippen molar-refractivity contribution in [1.82, 2.24) is 18.9 Å². The van der Waals surface area contributed by atoms with Crippen LogP contribution in [0.2, 0.25) is 5.02 Å². The van der Waals surface area contributed by atoms with Crippen LogP contribution in [-0.2, 0) is 5.75 Å². The van der Waals surface area contributed by atoms with Gasteiger partial charge in [0.15, 0.2) is 5.16 Å². The molecule has 1 fully saturated rings. The quantitative estimate of drug-likeness (QED) is 0.346. The molecule has 0 spiro atoms. The van der Waals surface area contributed by atoms with Gasteiger partial charge in [0.25, 0.3) is 5.56 Å². The van der Waals surface area contributed by atoms with Crippen LogP contribution in [0.1, 0.15) is 37.4 Å². The molecule has 4 aromatic rings. The molecule has 0 saturated heterocycles. The molecule has 5 rings (SSSR count). The molecule has 7 heteroatoms. The van der Waals surface area contributed by atoms with Crippen LogP contribution in [0, 0.1) is 0 Å². The third kappa shape index (κ3) is 3.20. The van der Waals surface area contributed by atoms with E-state index in [1.54, 1.807) is 11.8 Å². The molecule has 0 atom stereocenters. The lowest BCUT2D eigenvalue weighted by Gasteiger charge is -2.18. The number of pyridine rings is 1. The van der Waals surface area contributed by atoms with Gasteiger partial charge in [-0.2, -0.15) is 0 Å². The lowest BCUT2D eigenvalue weighted by atomic mass is 10.2. The number of aromatic nitrogens is 4. The maximum Gasteiger partial charge on any atom is 0.262 e. The lowest BCUT2D eigenvalue weighted by Crippen LogP contribution is -2.26. The van der Waals surface area contributed by atoms with Gasteiger partial charge < -0.3 is 4.40 Å². The maximum atomic E-state index is 13.2. The number of hydrogen-bond acceptors (Lipinski definition) is 4. The van der Waals surface area contributed by atoms with Crippen molar-refractivity contribution in [3.8, 4) is 0 Å². The number of thioether (sulfide) groups is 1. The van der Waals surface area contributed by atoms with Gasteiger partial charge in [0, 0.05) is 24.2 Å². The first-order valence-electron chi connectivity index (χ1n) is 9.46. The lowest BCUT2D eigenvalue weighted by molar-refractivity contribution is 0.457. The minimum Gasteiger partial charge on any atom is -0.305 e. The molecule has 1 saturated carbocycles. The van der Waals surface area contributed by atoms with E-state index in [1.165, 1.54) is 12.8 Å². The van der Waals surface area contributed by atoms with Crippen LogP contribution in [0.5, 0.6) is 0 Å². The average Bonchev–Trinajstić information content (AvgIpc) is 3.35. The molecule has 5 nitrogen and oxygen atoms in total. The number of nitrogens with zero attached hydrogens (tertiary/aromatic N) is 4. The molecular weight excluding hydrogens is 392 g/mol. The van der Waals surface area contributed by atoms with Gasteiger partial charge in [0.05, 0.1) is 21.6 Å². The van der Waals surface area contributed by atoms with Gasteiger partial charge in [0.1, 0.15) is 5.65 Å². The summed E-state index contributed by atoms with van der Waals surface area (Å²) in [6.07, 6.45) is 8.25. The Balaban J connectivity index is 1.53. The van der Waals surface area contributed by atoms with Gasteiger partial charge >= 0.3 is 0 Å². The third-order valence-corrected chi connectivity index (χ3v) is 6.49. The Morgan fingerprint density at radius 2 is 1.89 bits per heavy atom. The largest absolute Gasteiger partial charge is 0.305 e. The molecule has 3 aromatic heterocycles. The summed E-state index contributed by atoms with van der Waals surface area (Å²) in [6, 6.07) is 11.6. The highest BCUT2D eigenvalue weighted by molar-refractivity contribution is 7.98. The SMILES string of the molecule is O=c1c2ccccc2nc(SCc2cn3cc(Cl)ccc3n2)n1C1CCCC1. The predicted molar refractivity (Wildman–Crippen MR) is 113 cm³/mol. The highest BCUT2D eigenvalue weighted by atomic mass is 35.5. The minimum absolute atomic E-state index is 0.0711. The fourth-order valence-corrected chi connectivity index (χ4v) is 5.06. The molecular formula is C21H19ClN4OS. The van der Waals surface area contributed by atoms with Gasteiger partial charge in [-0.1, -0.05) is 48.3 Å². The molecule has 0 bridgehead atoms. The predicted octanol–water partition coefficient (Wildman–Crippen LogP) is 5.11. The average molecular weight is 411 g/mol. The Labute approximate surface area is 171 Å². The van der Waals surface area contributed by atoms with E-state index in [0.29, 0.717) is 16.2 Å². The molecule has 0 unspecified atom stereocenters. The molecule has 0 N–H and O–H groups in total. The van der Waals surface area contributed by atoms with Crippen LogP contribution in [0.15, 0.2) is 58.7 Å². The minimum atomic E-state index is 0.0711. The summed E-state index contributed by atoms with van der Waals surface area (Å²) in [5, 5.41) is 2.15. The van der Waals surface area contributed by atoms with Crippen LogP contribution in [0.25, 0.3) is 16.6 Å². The second-order valence-corrected chi connectivity index (χ2v) is 8.54. The van der Waals surface area contributed by atoms with Gasteiger partial charge in [0.2, 0.25) is 0 Å². The summed E-state index contributed by atoms with van der Waals surface area (Å²) in [7, 11) is 0. The highest BCUT2D eigenvalue weighted by Crippen LogP contribution is 2.33. The summed E-state index contributed by atoms with van der Waals surface area (Å²) in [5.74, 6) is 0.650. The van der Waals surface area contributed by atoms with Gasteiger partial charge in [-0.25, -0.2) is 9.97 Å². The van der Waals surface area contributed by atoms with Crippen molar-refractivity contribution in [2.75, 3.05) is 0 Å². The zero-order chi connectivity index (χ0) is 19.1. The number of benzene rings is 1. The smallest absolute Gasteiger partial charge is 0.262 e. The van der Waals surface area contributed by atoms with Gasteiger partial charge in [-0.15, -0.1) is 0 Å². The van der Waals surface area contributed by atoms with Crippen molar-refractivity contribution in [1.29, 1.82) is 0 Å². The van der Waals surface area contributed by atoms with Crippen molar-refractivity contribution >= 4 is 39.9 Å². The molecule has 3 heterocycles. The summed E-state index contributed by atoms with van der Waals surface area (Å²) in [6.45, 7) is 0. The van der Waals surface area contributed by atoms with Crippen LogP contribution in [0.3, 0.4) is 0 Å². The Morgan fingerprint density at radius 1 is 1.07 bits per heavy atom. The first-order valence-corrected chi connectivity index (χ1v) is 10.8. The topological polar surface area (TPSA) is 52.2 Å². The number of rotatable bonds is 4. The number of halogens is 1. The van der Waals surface area contributed by atoms with E-state index in [9.17, 15) is 4.79 Å². The van der Waals surface area contributed by atoms with Crippen LogP contribution in [0.4, 0.5) is 0 Å². The van der Waals surface area contributed by atoms with Gasteiger partial charge in [-0.3, -0.25) is 9.36 Å². The second-order valence-electron chi connectivity index (χ2n) is 7.16. The van der Waals surface area contributed by atoms with E-state index in [4.69, 9.17) is 16.6 Å². The Morgan fingerprint density at radius 3 is 2.75 bits per heavy atom. The number of imidazole rings is 1. The molecule has 1 aliphatic rings. The second kappa shape index (κ2) is 7.26. The first kappa shape index (κ1) is 17.8. The Kier molecular flexibility index (Phi) is 4.61. The normalized spacial score (nSPS) is 15.0. The van der Waals surface area contributed by atoms with Crippen molar-refractivity contribution < 1.29 is 0 Å². The summed E-state index contributed by atoms with van der Waals surface area (Å²) >= 11 is 7.64. The van der Waals surface area contributed by atoms with E-state index >= 15 is 0 Å². The van der Waals surface area contributed by atoms with Crippen molar-refractivity contribution in [2.24, 2.45) is 0 Å². The van der Waals surface area contributed by atoms with E-state index < -0.39 is 0 Å². The fraction of sp³-hybridized carbons (Fsp3) is 0.286. The summed E-state index contributed by atoms with van der Waals surface area (Å²) in [4.78, 5) is 22.7. The Hall–Kier alpha value is -2.31. The van der Waals surface area contributed by atoms with E-state index in [0.717, 1.165) is 34.9 Å². The standard InChI is InChI=1S/C21H19ClN4OS/c22-14-9-10-19-23-15(12-25(19)11-14)13-28-21-24-18-8-4-3-7-17(18)20(27)26(21)16-5-1-2-6-16/h3-4,7-12,16H,1-2,5-6,13H2. The van der Waals surface area contributed by atoms with E-state index in [1.807, 2.05) is 57.8 Å². The third-order valence-electron chi connectivity index (χ3n) is 5.28. The molecule has 0 radical (unpaired) electrons. The van der Waals surface area contributed by atoms with Crippen molar-refractivity contribution in [2.45, 2.75) is 42.6 Å². The van der Waals surface area contributed by atoms with Crippen LogP contribution in [-0.4, -0.2) is 18.9 Å². The van der Waals surface area contributed by atoms with E-state index in [2.05, 4.69) is 4.98 Å². The highest BCUT2D eigenvalue weighted by Gasteiger charge is 2.23. The Bertz CT molecular complexity index is 1230. The molecule has 0 amide bonds. The molecule has 0 aliphatic heterocycles. The van der Waals surface area contributed by atoms with Crippen molar-refractivity contribution in [3.63, 3.8) is 0 Å². The van der Waals surface area contributed by atoms with E-state index in [-0.39, 0.29) is 11.6 Å². The molecule has 1 aromatic carbocycles. The summed E-state index contributed by atoms with van der Waals surface area (Å²) in [5.41, 5.74) is 2.63. The fourth-order valence-electron chi connectivity index (χ4n) is 3.94. The monoisotopic (exact) mass is 410 g/mol. The first-order chi connectivity index (χ1) is 13.7. The van der Waals surface area contributed by atoms with Crippen LogP contribution < -0.4 is 5.56 Å². The maximum absolute atomic E-state index is 13.2. The zero-order valence-corrected chi connectivity index (χ0v) is 16.8. The number of para-hydroxylation sites is 1. The summed E-state index contributed by atoms with van der Waals surface area (Å²) < 4.78 is 3.85. The number of fused-ring (bicyclic) bond motifs is 2. The number of hydrogen-bond donors (Lipinski definition) is 0. The zero-order valence-electron chi connectivity index (χ0n) is 15.2. The molecule has 28 heavy (non-hydrogen) atoms. The van der Waals surface area contributed by atoms with Crippen LogP contribution >= 0.6 is 23.4 Å². The van der Waals surface area contributed by atoms with Gasteiger partial charge in [-0.05, 0) is 37.1 Å². The molecule has 1 aliphatic carbocycles.